The van der Waals surface area contributed by atoms with Crippen LogP contribution < -0.4 is 5.32 Å². The lowest BCUT2D eigenvalue weighted by Crippen LogP contribution is -2.26. The highest BCUT2D eigenvalue weighted by atomic mass is 16.5. The predicted octanol–water partition coefficient (Wildman–Crippen LogP) is 3.02. The molecule has 2 heterocycles. The molecule has 21 heavy (non-hydrogen) atoms. The molecule has 0 radical (unpaired) electrons. The van der Waals surface area contributed by atoms with Crippen LogP contribution in [0.25, 0.3) is 0 Å². The molecule has 4 heteroatoms. The Labute approximate surface area is 126 Å². The van der Waals surface area contributed by atoms with Crippen LogP contribution in [0.4, 0.5) is 0 Å². The molecule has 0 amide bonds. The van der Waals surface area contributed by atoms with Gasteiger partial charge in [-0.25, -0.2) is 4.98 Å². The van der Waals surface area contributed by atoms with E-state index in [1.807, 2.05) is 12.4 Å². The van der Waals surface area contributed by atoms with Gasteiger partial charge in [-0.2, -0.15) is 0 Å². The number of aryl methyl sites for hydroxylation is 1. The summed E-state index contributed by atoms with van der Waals surface area (Å²) in [6.07, 6.45) is 5.04. The third-order valence-electron chi connectivity index (χ3n) is 4.02. The number of hydrogen-bond acceptors (Lipinski definition) is 3. The maximum atomic E-state index is 5.53. The van der Waals surface area contributed by atoms with Gasteiger partial charge < -0.3 is 14.6 Å². The molecule has 1 atom stereocenters. The molecule has 112 valence electrons. The standard InChI is InChI=1S/C17H23N3O/c1-3-7-18-16(17-19-8-9-20(17)4-2)13-5-6-14-11-21-12-15(14)10-13/h5-6,8-10,16,18H,3-4,7,11-12H2,1-2H3. The van der Waals surface area contributed by atoms with Gasteiger partial charge in [0.15, 0.2) is 0 Å². The van der Waals surface area contributed by atoms with Crippen molar-refractivity contribution < 1.29 is 4.74 Å². The van der Waals surface area contributed by atoms with Crippen molar-refractivity contribution in [2.45, 2.75) is 46.1 Å². The normalized spacial score (nSPS) is 15.1. The van der Waals surface area contributed by atoms with Crippen molar-refractivity contribution in [2.75, 3.05) is 6.54 Å². The molecule has 4 nitrogen and oxygen atoms in total. The van der Waals surface area contributed by atoms with Crippen LogP contribution in [-0.2, 0) is 24.5 Å². The summed E-state index contributed by atoms with van der Waals surface area (Å²) < 4.78 is 7.73. The van der Waals surface area contributed by atoms with Gasteiger partial charge >= 0.3 is 0 Å². The summed E-state index contributed by atoms with van der Waals surface area (Å²) in [5, 5.41) is 3.63. The predicted molar refractivity (Wildman–Crippen MR) is 83.0 cm³/mol. The minimum Gasteiger partial charge on any atom is -0.372 e. The van der Waals surface area contributed by atoms with Crippen LogP contribution in [0.1, 0.15) is 48.8 Å². The van der Waals surface area contributed by atoms with Crippen LogP contribution >= 0.6 is 0 Å². The van der Waals surface area contributed by atoms with E-state index < -0.39 is 0 Å². The highest BCUT2D eigenvalue weighted by Crippen LogP contribution is 2.27. The minimum absolute atomic E-state index is 0.144. The van der Waals surface area contributed by atoms with Crippen LogP contribution in [0.5, 0.6) is 0 Å². The Hall–Kier alpha value is -1.65. The van der Waals surface area contributed by atoms with Gasteiger partial charge in [0, 0.05) is 18.9 Å². The molecule has 1 aliphatic heterocycles. The Balaban J connectivity index is 1.95. The fourth-order valence-corrected chi connectivity index (χ4v) is 2.87. The van der Waals surface area contributed by atoms with Crippen molar-refractivity contribution in [3.05, 3.63) is 53.1 Å². The number of ether oxygens (including phenoxy) is 1. The zero-order valence-corrected chi connectivity index (χ0v) is 12.8. The number of fused-ring (bicyclic) bond motifs is 1. The van der Waals surface area contributed by atoms with Gasteiger partial charge in [0.05, 0.1) is 19.3 Å². The number of nitrogens with zero attached hydrogens (tertiary/aromatic N) is 2. The van der Waals surface area contributed by atoms with E-state index in [9.17, 15) is 0 Å². The van der Waals surface area contributed by atoms with E-state index >= 15 is 0 Å². The molecule has 0 spiro atoms. The molecule has 1 aromatic heterocycles. The van der Waals surface area contributed by atoms with E-state index in [0.717, 1.165) is 38.5 Å². The maximum absolute atomic E-state index is 5.53. The van der Waals surface area contributed by atoms with Crippen LogP contribution in [0, 0.1) is 0 Å². The Morgan fingerprint density at radius 3 is 2.95 bits per heavy atom. The molecular formula is C17H23N3O. The fourth-order valence-electron chi connectivity index (χ4n) is 2.87. The highest BCUT2D eigenvalue weighted by molar-refractivity contribution is 5.36. The molecule has 1 N–H and O–H groups in total. The average molecular weight is 285 g/mol. The molecule has 0 aliphatic carbocycles. The first kappa shape index (κ1) is 14.3. The SMILES string of the molecule is CCCNC(c1ccc2c(c1)COC2)c1nccn1CC. The van der Waals surface area contributed by atoms with E-state index in [-0.39, 0.29) is 6.04 Å². The van der Waals surface area contributed by atoms with Crippen molar-refractivity contribution in [1.29, 1.82) is 0 Å². The van der Waals surface area contributed by atoms with E-state index in [0.29, 0.717) is 0 Å². The molecular weight excluding hydrogens is 262 g/mol. The molecule has 0 bridgehead atoms. The number of rotatable bonds is 6. The average Bonchev–Trinajstić information content (AvgIpc) is 3.15. The van der Waals surface area contributed by atoms with Crippen molar-refractivity contribution in [2.24, 2.45) is 0 Å². The molecule has 1 aromatic carbocycles. The Morgan fingerprint density at radius 2 is 2.14 bits per heavy atom. The van der Waals surface area contributed by atoms with Gasteiger partial charge in [-0.05, 0) is 36.6 Å². The van der Waals surface area contributed by atoms with Crippen molar-refractivity contribution in [3.8, 4) is 0 Å². The molecule has 0 saturated heterocycles. The van der Waals surface area contributed by atoms with Crippen LogP contribution in [0.2, 0.25) is 0 Å². The maximum Gasteiger partial charge on any atom is 0.130 e. The van der Waals surface area contributed by atoms with Gasteiger partial charge in [-0.15, -0.1) is 0 Å². The van der Waals surface area contributed by atoms with Crippen LogP contribution in [0.3, 0.4) is 0 Å². The van der Waals surface area contributed by atoms with Gasteiger partial charge in [0.2, 0.25) is 0 Å². The second-order valence-electron chi connectivity index (χ2n) is 5.48. The number of aromatic nitrogens is 2. The highest BCUT2D eigenvalue weighted by Gasteiger charge is 2.20. The lowest BCUT2D eigenvalue weighted by atomic mass is 10.0. The van der Waals surface area contributed by atoms with Crippen LogP contribution in [-0.4, -0.2) is 16.1 Å². The van der Waals surface area contributed by atoms with E-state index in [2.05, 4.69) is 46.9 Å². The number of hydrogen-bond donors (Lipinski definition) is 1. The third kappa shape index (κ3) is 2.87. The topological polar surface area (TPSA) is 39.1 Å². The summed E-state index contributed by atoms with van der Waals surface area (Å²) in [7, 11) is 0. The Kier molecular flexibility index (Phi) is 4.36. The largest absolute Gasteiger partial charge is 0.372 e. The molecule has 2 aromatic rings. The lowest BCUT2D eigenvalue weighted by molar-refractivity contribution is 0.134. The monoisotopic (exact) mass is 285 g/mol. The Bertz CT molecular complexity index is 606. The second-order valence-corrected chi connectivity index (χ2v) is 5.48. The molecule has 3 rings (SSSR count). The fraction of sp³-hybridized carbons (Fsp3) is 0.471. The van der Waals surface area contributed by atoms with E-state index in [1.54, 1.807) is 0 Å². The summed E-state index contributed by atoms with van der Waals surface area (Å²) in [5.41, 5.74) is 3.89. The van der Waals surface area contributed by atoms with Crippen molar-refractivity contribution in [3.63, 3.8) is 0 Å². The first-order valence-corrected chi connectivity index (χ1v) is 7.77. The van der Waals surface area contributed by atoms with Gasteiger partial charge in [-0.3, -0.25) is 0 Å². The zero-order chi connectivity index (χ0) is 14.7. The zero-order valence-electron chi connectivity index (χ0n) is 12.8. The van der Waals surface area contributed by atoms with E-state index in [4.69, 9.17) is 4.74 Å². The molecule has 1 aliphatic rings. The summed E-state index contributed by atoms with van der Waals surface area (Å²) in [5.74, 6) is 1.09. The number of imidazole rings is 1. The van der Waals surface area contributed by atoms with Gasteiger partial charge in [0.1, 0.15) is 5.82 Å². The molecule has 0 fully saturated rings. The Morgan fingerprint density at radius 1 is 1.29 bits per heavy atom. The van der Waals surface area contributed by atoms with Crippen molar-refractivity contribution in [1.82, 2.24) is 14.9 Å². The second kappa shape index (κ2) is 6.41. The van der Waals surface area contributed by atoms with Crippen LogP contribution in [0.15, 0.2) is 30.6 Å². The summed E-state index contributed by atoms with van der Waals surface area (Å²) >= 11 is 0. The van der Waals surface area contributed by atoms with E-state index in [1.165, 1.54) is 16.7 Å². The van der Waals surface area contributed by atoms with Crippen molar-refractivity contribution >= 4 is 0 Å². The smallest absolute Gasteiger partial charge is 0.130 e. The minimum atomic E-state index is 0.144. The molecule has 1 unspecified atom stereocenters. The molecule has 0 saturated carbocycles. The first-order chi connectivity index (χ1) is 10.3. The number of benzene rings is 1. The van der Waals surface area contributed by atoms with Gasteiger partial charge in [-0.1, -0.05) is 25.1 Å². The number of nitrogens with one attached hydrogen (secondary N) is 1. The van der Waals surface area contributed by atoms with Gasteiger partial charge in [0.25, 0.3) is 0 Å². The summed E-state index contributed by atoms with van der Waals surface area (Å²) in [4.78, 5) is 4.58. The first-order valence-electron chi connectivity index (χ1n) is 7.77. The lowest BCUT2D eigenvalue weighted by Gasteiger charge is -2.20. The third-order valence-corrected chi connectivity index (χ3v) is 4.02. The summed E-state index contributed by atoms with van der Waals surface area (Å²) in [6, 6.07) is 6.81. The quantitative estimate of drug-likeness (QED) is 0.886. The summed E-state index contributed by atoms with van der Waals surface area (Å²) in [6.45, 7) is 7.73.